The number of carbonyl (C=O) groups is 1. The number of aromatic nitrogens is 2. The Bertz CT molecular complexity index is 1340. The summed E-state index contributed by atoms with van der Waals surface area (Å²) in [7, 11) is 1.87. The first-order valence-electron chi connectivity index (χ1n) is 13.7. The summed E-state index contributed by atoms with van der Waals surface area (Å²) in [6.07, 6.45) is 4.27. The highest BCUT2D eigenvalue weighted by Gasteiger charge is 2.21. The highest BCUT2D eigenvalue weighted by Crippen LogP contribution is 2.32. The number of unbranched alkanes of at least 4 members (excludes halogenated alkanes) is 1. The van der Waals surface area contributed by atoms with E-state index in [1.165, 1.54) is 5.56 Å². The molecule has 4 aromatic rings. The van der Waals surface area contributed by atoms with Gasteiger partial charge < -0.3 is 14.2 Å². The maximum absolute atomic E-state index is 12.3. The summed E-state index contributed by atoms with van der Waals surface area (Å²) in [5.41, 5.74) is 6.36. The van der Waals surface area contributed by atoms with Crippen molar-refractivity contribution in [2.45, 2.75) is 52.6 Å². The zero-order valence-corrected chi connectivity index (χ0v) is 23.4. The topological polar surface area (TPSA) is 62.6 Å². The van der Waals surface area contributed by atoms with Crippen LogP contribution in [0, 0.1) is 6.92 Å². The molecule has 1 aromatic heterocycles. The Morgan fingerprint density at radius 2 is 1.72 bits per heavy atom. The molecular formula is C33H38N2O4. The van der Waals surface area contributed by atoms with Crippen LogP contribution in [0.15, 0.2) is 79.0 Å². The van der Waals surface area contributed by atoms with E-state index in [0.717, 1.165) is 58.9 Å². The average Bonchev–Trinajstić information content (AvgIpc) is 3.38. The summed E-state index contributed by atoms with van der Waals surface area (Å²) in [5, 5.41) is 4.53. The van der Waals surface area contributed by atoms with Crippen LogP contribution in [0.25, 0.3) is 11.1 Å². The quantitative estimate of drug-likeness (QED) is 0.136. The molecule has 6 nitrogen and oxygen atoms in total. The van der Waals surface area contributed by atoms with Gasteiger partial charge in [-0.05, 0) is 67.3 Å². The van der Waals surface area contributed by atoms with Crippen molar-refractivity contribution in [3.8, 4) is 22.6 Å². The van der Waals surface area contributed by atoms with Gasteiger partial charge in [0.1, 0.15) is 18.1 Å². The third kappa shape index (κ3) is 7.73. The predicted octanol–water partition coefficient (Wildman–Crippen LogP) is 7.24. The molecule has 1 atom stereocenters. The number of aryl methyl sites for hydroxylation is 2. The van der Waals surface area contributed by atoms with Crippen LogP contribution >= 0.6 is 0 Å². The first-order chi connectivity index (χ1) is 19.0. The Balaban J connectivity index is 1.41. The number of rotatable bonds is 13. The highest BCUT2D eigenvalue weighted by molar-refractivity contribution is 5.72. The van der Waals surface area contributed by atoms with E-state index in [4.69, 9.17) is 14.2 Å². The van der Waals surface area contributed by atoms with Gasteiger partial charge in [-0.1, -0.05) is 61.4 Å². The Kier molecular flexibility index (Phi) is 9.79. The van der Waals surface area contributed by atoms with Crippen molar-refractivity contribution in [1.82, 2.24) is 9.78 Å². The minimum Gasteiger partial charge on any atom is -0.493 e. The lowest BCUT2D eigenvalue weighted by atomic mass is 9.92. The van der Waals surface area contributed by atoms with E-state index in [1.54, 1.807) is 4.68 Å². The zero-order chi connectivity index (χ0) is 27.6. The van der Waals surface area contributed by atoms with E-state index < -0.39 is 0 Å². The molecule has 1 unspecified atom stereocenters. The summed E-state index contributed by atoms with van der Waals surface area (Å²) in [4.78, 5) is 12.3. The molecule has 0 aliphatic carbocycles. The molecule has 0 bridgehead atoms. The number of hydrogen-bond donors (Lipinski definition) is 0. The monoisotopic (exact) mass is 526 g/mol. The number of carbonyl (C=O) groups excluding carboxylic acids is 1. The highest BCUT2D eigenvalue weighted by atomic mass is 16.5. The fourth-order valence-corrected chi connectivity index (χ4v) is 4.46. The molecule has 6 heteroatoms. The molecule has 0 saturated heterocycles. The molecule has 0 aliphatic heterocycles. The molecule has 3 aromatic carbocycles. The summed E-state index contributed by atoms with van der Waals surface area (Å²) >= 11 is 0. The van der Waals surface area contributed by atoms with Crippen LogP contribution in [0.4, 0.5) is 0 Å². The van der Waals surface area contributed by atoms with Crippen LogP contribution in [-0.2, 0) is 23.2 Å². The maximum Gasteiger partial charge on any atom is 0.306 e. The van der Waals surface area contributed by atoms with Gasteiger partial charge in [-0.25, -0.2) is 0 Å². The third-order valence-electron chi connectivity index (χ3n) is 6.61. The van der Waals surface area contributed by atoms with Gasteiger partial charge in [0, 0.05) is 24.7 Å². The minimum absolute atomic E-state index is 0.177. The van der Waals surface area contributed by atoms with Crippen molar-refractivity contribution in [3.05, 3.63) is 101 Å². The van der Waals surface area contributed by atoms with Gasteiger partial charge >= 0.3 is 5.97 Å². The second kappa shape index (κ2) is 13.7. The van der Waals surface area contributed by atoms with E-state index in [-0.39, 0.29) is 18.3 Å². The Hall–Kier alpha value is -4.06. The van der Waals surface area contributed by atoms with Gasteiger partial charge in [-0.3, -0.25) is 9.48 Å². The van der Waals surface area contributed by atoms with Crippen molar-refractivity contribution >= 4 is 5.97 Å². The maximum atomic E-state index is 12.3. The van der Waals surface area contributed by atoms with Crippen LogP contribution in [0.5, 0.6) is 11.5 Å². The van der Waals surface area contributed by atoms with E-state index in [0.29, 0.717) is 13.2 Å². The largest absolute Gasteiger partial charge is 0.493 e. The van der Waals surface area contributed by atoms with Gasteiger partial charge in [0.05, 0.1) is 25.3 Å². The van der Waals surface area contributed by atoms with Crippen molar-refractivity contribution < 1.29 is 19.0 Å². The van der Waals surface area contributed by atoms with E-state index >= 15 is 0 Å². The number of esters is 1. The molecule has 0 saturated carbocycles. The predicted molar refractivity (Wildman–Crippen MR) is 154 cm³/mol. The second-order valence-corrected chi connectivity index (χ2v) is 9.73. The van der Waals surface area contributed by atoms with Gasteiger partial charge in [0.15, 0.2) is 0 Å². The van der Waals surface area contributed by atoms with Gasteiger partial charge in [-0.2, -0.15) is 5.10 Å². The molecule has 204 valence electrons. The Morgan fingerprint density at radius 1 is 0.949 bits per heavy atom. The van der Waals surface area contributed by atoms with Crippen molar-refractivity contribution in [3.63, 3.8) is 0 Å². The fraction of sp³-hybridized carbons (Fsp3) is 0.333. The lowest BCUT2D eigenvalue weighted by molar-refractivity contribution is -0.143. The van der Waals surface area contributed by atoms with Crippen molar-refractivity contribution in [1.29, 1.82) is 0 Å². The molecule has 0 fully saturated rings. The second-order valence-electron chi connectivity index (χ2n) is 9.73. The third-order valence-corrected chi connectivity index (χ3v) is 6.61. The molecule has 0 spiro atoms. The fourth-order valence-electron chi connectivity index (χ4n) is 4.46. The number of hydrogen-bond acceptors (Lipinski definition) is 5. The normalized spacial score (nSPS) is 11.7. The van der Waals surface area contributed by atoms with Crippen molar-refractivity contribution in [2.75, 3.05) is 13.2 Å². The van der Waals surface area contributed by atoms with Crippen LogP contribution < -0.4 is 9.47 Å². The van der Waals surface area contributed by atoms with E-state index in [1.807, 2.05) is 50.5 Å². The first-order valence-corrected chi connectivity index (χ1v) is 13.7. The summed E-state index contributed by atoms with van der Waals surface area (Å²) in [6, 6.07) is 24.6. The molecular weight excluding hydrogens is 488 g/mol. The zero-order valence-electron chi connectivity index (χ0n) is 23.4. The molecule has 0 N–H and O–H groups in total. The lowest BCUT2D eigenvalue weighted by Crippen LogP contribution is -2.12. The Labute approximate surface area is 231 Å². The van der Waals surface area contributed by atoms with Gasteiger partial charge in [0.2, 0.25) is 0 Å². The van der Waals surface area contributed by atoms with Crippen LogP contribution in [0.2, 0.25) is 0 Å². The van der Waals surface area contributed by atoms with Gasteiger partial charge in [0.25, 0.3) is 0 Å². The first kappa shape index (κ1) is 28.0. The Morgan fingerprint density at radius 3 is 2.38 bits per heavy atom. The molecule has 39 heavy (non-hydrogen) atoms. The minimum atomic E-state index is -0.234. The van der Waals surface area contributed by atoms with Crippen LogP contribution in [-0.4, -0.2) is 29.0 Å². The van der Waals surface area contributed by atoms with E-state index in [9.17, 15) is 4.79 Å². The summed E-state index contributed by atoms with van der Waals surface area (Å²) in [5.74, 6) is 1.28. The van der Waals surface area contributed by atoms with Gasteiger partial charge in [-0.15, -0.1) is 0 Å². The molecule has 0 radical (unpaired) electrons. The molecule has 1 heterocycles. The number of ether oxygens (including phenoxy) is 3. The molecule has 4 rings (SSSR count). The molecule has 0 aliphatic rings. The number of nitrogens with zero attached hydrogens (tertiary/aromatic N) is 2. The SMILES string of the molecule is CCCCOc1ccc(C)cc1-c1ccc(COc2ccc(C(CC(=O)OCC)c3ccn(C)n3)cc2)cc1. The lowest BCUT2D eigenvalue weighted by Gasteiger charge is -2.16. The molecule has 0 amide bonds. The number of benzene rings is 3. The summed E-state index contributed by atoms with van der Waals surface area (Å²) in [6.45, 7) is 7.63. The van der Waals surface area contributed by atoms with E-state index in [2.05, 4.69) is 61.4 Å². The van der Waals surface area contributed by atoms with Crippen molar-refractivity contribution in [2.24, 2.45) is 7.05 Å². The standard InChI is InChI=1S/C33H38N2O4/c1-5-7-20-38-32-17-8-24(3)21-30(32)27-11-9-25(10-12-27)23-39-28-15-13-26(14-16-28)29(22-33(36)37-6-2)31-18-19-35(4)34-31/h8-19,21,29H,5-7,20,22-23H2,1-4H3. The summed E-state index contributed by atoms with van der Waals surface area (Å²) < 4.78 is 19.1. The average molecular weight is 527 g/mol. The smallest absolute Gasteiger partial charge is 0.306 e. The van der Waals surface area contributed by atoms with Crippen LogP contribution in [0.1, 0.15) is 61.4 Å². The van der Waals surface area contributed by atoms with Crippen LogP contribution in [0.3, 0.4) is 0 Å².